The average molecular weight is 327 g/mol. The van der Waals surface area contributed by atoms with E-state index in [2.05, 4.69) is 31.1 Å². The number of aryl methyl sites for hydroxylation is 2. The third kappa shape index (κ3) is 3.36. The molecule has 128 valence electrons. The third-order valence-corrected chi connectivity index (χ3v) is 4.55. The van der Waals surface area contributed by atoms with Gasteiger partial charge >= 0.3 is 0 Å². The fourth-order valence-corrected chi connectivity index (χ4v) is 3.15. The van der Waals surface area contributed by atoms with E-state index in [0.717, 1.165) is 11.3 Å². The van der Waals surface area contributed by atoms with E-state index >= 15 is 0 Å². The van der Waals surface area contributed by atoms with Gasteiger partial charge in [0.25, 0.3) is 5.91 Å². The Bertz CT molecular complexity index is 709. The second-order valence-electron chi connectivity index (χ2n) is 6.82. The molecule has 2 heterocycles. The average Bonchev–Trinajstić information content (AvgIpc) is 2.93. The number of nitrogens with zero attached hydrogens (tertiary/aromatic N) is 3. The lowest BCUT2D eigenvalue weighted by atomic mass is 10.0. The Morgan fingerprint density at radius 1 is 1.25 bits per heavy atom. The Hall–Kier alpha value is -2.14. The number of aromatic nitrogens is 2. The maximum atomic E-state index is 13.0. The van der Waals surface area contributed by atoms with Crippen molar-refractivity contribution in [2.45, 2.75) is 33.0 Å². The monoisotopic (exact) mass is 327 g/mol. The lowest BCUT2D eigenvalue weighted by molar-refractivity contribution is -0.0956. The highest BCUT2D eigenvalue weighted by molar-refractivity contribution is 5.92. The van der Waals surface area contributed by atoms with Crippen molar-refractivity contribution in [3.63, 3.8) is 0 Å². The van der Waals surface area contributed by atoms with Crippen LogP contribution in [0.5, 0.6) is 0 Å². The number of amides is 1. The third-order valence-electron chi connectivity index (χ3n) is 4.55. The van der Waals surface area contributed by atoms with Gasteiger partial charge in [-0.3, -0.25) is 9.48 Å². The number of benzene rings is 1. The number of hydrogen-bond donors (Lipinski definition) is 0. The minimum absolute atomic E-state index is 0.0213. The fraction of sp³-hybridized carbons (Fsp3) is 0.474. The van der Waals surface area contributed by atoms with E-state index in [1.54, 1.807) is 4.68 Å². The zero-order valence-corrected chi connectivity index (χ0v) is 14.8. The quantitative estimate of drug-likeness (QED) is 0.871. The van der Waals surface area contributed by atoms with Crippen LogP contribution >= 0.6 is 0 Å². The molecule has 2 atom stereocenters. The van der Waals surface area contributed by atoms with Gasteiger partial charge in [-0.1, -0.05) is 44.2 Å². The van der Waals surface area contributed by atoms with Gasteiger partial charge in [0.2, 0.25) is 0 Å². The summed E-state index contributed by atoms with van der Waals surface area (Å²) in [7, 11) is 1.81. The van der Waals surface area contributed by atoms with Crippen molar-refractivity contribution < 1.29 is 9.53 Å². The molecule has 2 aromatic rings. The van der Waals surface area contributed by atoms with Crippen LogP contribution in [0.2, 0.25) is 0 Å². The highest BCUT2D eigenvalue weighted by atomic mass is 16.5. The number of rotatable bonds is 3. The van der Waals surface area contributed by atoms with E-state index in [1.165, 1.54) is 0 Å². The summed E-state index contributed by atoms with van der Waals surface area (Å²) in [6.07, 6.45) is -0.0622. The standard InChI is InChI=1S/C19H25N3O2/c1-13(2)17-11-22(19(23)16-10-14(3)20-21(16)4)12-18(24-17)15-8-6-5-7-9-15/h5-10,13,17-18H,11-12H2,1-4H3/t17-,18+/m1/s1. The van der Waals surface area contributed by atoms with Crippen LogP contribution in [0.3, 0.4) is 0 Å². The Labute approximate surface area is 143 Å². The molecule has 0 bridgehead atoms. The molecule has 1 amide bonds. The smallest absolute Gasteiger partial charge is 0.272 e. The molecule has 0 aliphatic carbocycles. The van der Waals surface area contributed by atoms with Gasteiger partial charge in [-0.05, 0) is 24.5 Å². The number of morpholine rings is 1. The van der Waals surface area contributed by atoms with E-state index in [4.69, 9.17) is 4.74 Å². The molecular formula is C19H25N3O2. The van der Waals surface area contributed by atoms with Crippen molar-refractivity contribution in [3.05, 3.63) is 53.3 Å². The minimum atomic E-state index is -0.0920. The summed E-state index contributed by atoms with van der Waals surface area (Å²) in [5, 5.41) is 4.30. The van der Waals surface area contributed by atoms with Gasteiger partial charge in [0.15, 0.2) is 0 Å². The molecule has 1 saturated heterocycles. The van der Waals surface area contributed by atoms with Crippen LogP contribution in [0.4, 0.5) is 0 Å². The predicted molar refractivity (Wildman–Crippen MR) is 92.7 cm³/mol. The van der Waals surface area contributed by atoms with Gasteiger partial charge in [-0.15, -0.1) is 0 Å². The van der Waals surface area contributed by atoms with Gasteiger partial charge in [0, 0.05) is 13.6 Å². The maximum Gasteiger partial charge on any atom is 0.272 e. The normalized spacial score (nSPS) is 21.3. The van der Waals surface area contributed by atoms with E-state index in [-0.39, 0.29) is 18.1 Å². The molecule has 0 saturated carbocycles. The molecule has 3 rings (SSSR count). The van der Waals surface area contributed by atoms with Crippen LogP contribution in [-0.2, 0) is 11.8 Å². The number of carbonyl (C=O) groups is 1. The van der Waals surface area contributed by atoms with Crippen molar-refractivity contribution in [2.24, 2.45) is 13.0 Å². The SMILES string of the molecule is Cc1cc(C(=O)N2C[C@@H](c3ccccc3)O[C@@H](C(C)C)C2)n(C)n1. The van der Waals surface area contributed by atoms with E-state index < -0.39 is 0 Å². The molecule has 1 aromatic carbocycles. The molecule has 5 heteroatoms. The maximum absolute atomic E-state index is 13.0. The molecule has 0 spiro atoms. The van der Waals surface area contributed by atoms with Crippen molar-refractivity contribution in [1.82, 2.24) is 14.7 Å². The molecule has 5 nitrogen and oxygen atoms in total. The first-order valence-electron chi connectivity index (χ1n) is 8.46. The molecule has 1 aromatic heterocycles. The van der Waals surface area contributed by atoms with Gasteiger partial charge in [-0.2, -0.15) is 5.10 Å². The van der Waals surface area contributed by atoms with Crippen LogP contribution in [-0.4, -0.2) is 39.8 Å². The van der Waals surface area contributed by atoms with Gasteiger partial charge in [-0.25, -0.2) is 0 Å². The van der Waals surface area contributed by atoms with Gasteiger partial charge < -0.3 is 9.64 Å². The second kappa shape index (κ2) is 6.77. The lowest BCUT2D eigenvalue weighted by Crippen LogP contribution is -2.49. The summed E-state index contributed by atoms with van der Waals surface area (Å²) in [6.45, 7) is 7.35. The van der Waals surface area contributed by atoms with Crippen LogP contribution in [0.1, 0.15) is 41.7 Å². The lowest BCUT2D eigenvalue weighted by Gasteiger charge is -2.40. The minimum Gasteiger partial charge on any atom is -0.366 e. The largest absolute Gasteiger partial charge is 0.366 e. The van der Waals surface area contributed by atoms with Crippen molar-refractivity contribution in [3.8, 4) is 0 Å². The Kier molecular flexibility index (Phi) is 4.71. The highest BCUT2D eigenvalue weighted by Gasteiger charge is 2.34. The number of ether oxygens (including phenoxy) is 1. The van der Waals surface area contributed by atoms with Crippen LogP contribution in [0.25, 0.3) is 0 Å². The van der Waals surface area contributed by atoms with Gasteiger partial charge in [0.1, 0.15) is 11.8 Å². The van der Waals surface area contributed by atoms with Crippen molar-refractivity contribution in [1.29, 1.82) is 0 Å². The molecule has 24 heavy (non-hydrogen) atoms. The van der Waals surface area contributed by atoms with Crippen LogP contribution < -0.4 is 0 Å². The molecule has 1 aliphatic heterocycles. The van der Waals surface area contributed by atoms with Gasteiger partial charge in [0.05, 0.1) is 18.3 Å². The molecule has 0 radical (unpaired) electrons. The second-order valence-corrected chi connectivity index (χ2v) is 6.82. The first-order chi connectivity index (χ1) is 11.5. The molecule has 1 aliphatic rings. The van der Waals surface area contributed by atoms with Crippen LogP contribution in [0, 0.1) is 12.8 Å². The Balaban J connectivity index is 1.86. The van der Waals surface area contributed by atoms with Crippen LogP contribution in [0.15, 0.2) is 36.4 Å². The summed E-state index contributed by atoms with van der Waals surface area (Å²) in [5.41, 5.74) is 2.60. The summed E-state index contributed by atoms with van der Waals surface area (Å²) in [4.78, 5) is 14.9. The molecule has 0 unspecified atom stereocenters. The summed E-state index contributed by atoms with van der Waals surface area (Å²) >= 11 is 0. The molecular weight excluding hydrogens is 302 g/mol. The predicted octanol–water partition coefficient (Wildman–Crippen LogP) is 2.97. The zero-order valence-electron chi connectivity index (χ0n) is 14.8. The Morgan fingerprint density at radius 3 is 2.54 bits per heavy atom. The van der Waals surface area contributed by atoms with E-state index in [1.807, 2.05) is 43.1 Å². The fourth-order valence-electron chi connectivity index (χ4n) is 3.15. The van der Waals surface area contributed by atoms with Crippen molar-refractivity contribution in [2.75, 3.05) is 13.1 Å². The Morgan fingerprint density at radius 2 is 1.96 bits per heavy atom. The number of carbonyl (C=O) groups excluding carboxylic acids is 1. The van der Waals surface area contributed by atoms with E-state index in [9.17, 15) is 4.79 Å². The number of hydrogen-bond acceptors (Lipinski definition) is 3. The topological polar surface area (TPSA) is 47.4 Å². The molecule has 0 N–H and O–H groups in total. The first-order valence-corrected chi connectivity index (χ1v) is 8.46. The zero-order chi connectivity index (χ0) is 17.3. The summed E-state index contributed by atoms with van der Waals surface area (Å²) in [6, 6.07) is 12.0. The highest BCUT2D eigenvalue weighted by Crippen LogP contribution is 2.29. The summed E-state index contributed by atoms with van der Waals surface area (Å²) < 4.78 is 7.93. The molecule has 1 fully saturated rings. The van der Waals surface area contributed by atoms with Crippen molar-refractivity contribution >= 4 is 5.91 Å². The first kappa shape index (κ1) is 16.7. The van der Waals surface area contributed by atoms with E-state index in [0.29, 0.717) is 24.7 Å². The summed E-state index contributed by atoms with van der Waals surface area (Å²) in [5.74, 6) is 0.369.